The highest BCUT2D eigenvalue weighted by Crippen LogP contribution is 2.34. The largest absolute Gasteiger partial charge is 0.366 e. The van der Waals surface area contributed by atoms with Gasteiger partial charge in [0.15, 0.2) is 0 Å². The fourth-order valence-corrected chi connectivity index (χ4v) is 4.44. The van der Waals surface area contributed by atoms with Gasteiger partial charge in [-0.2, -0.15) is 0 Å². The summed E-state index contributed by atoms with van der Waals surface area (Å²) in [7, 11) is 0. The molecule has 0 aliphatic carbocycles. The minimum absolute atomic E-state index is 0.392. The number of amides is 1. The van der Waals surface area contributed by atoms with Gasteiger partial charge in [0.25, 0.3) is 0 Å². The number of nitrogens with zero attached hydrogens (tertiary/aromatic N) is 1. The molecule has 4 aromatic carbocycles. The number of carbonyl (C=O) groups is 1. The topological polar surface area (TPSA) is 48.0 Å². The van der Waals surface area contributed by atoms with Crippen molar-refractivity contribution in [3.8, 4) is 0 Å². The first-order valence-electron chi connectivity index (χ1n) is 9.83. The molecule has 0 spiro atoms. The molecule has 0 aliphatic rings. The van der Waals surface area contributed by atoms with Crippen LogP contribution in [-0.4, -0.2) is 10.5 Å². The zero-order valence-corrected chi connectivity index (χ0v) is 16.6. The molecule has 0 unspecified atom stereocenters. The molecule has 5 aromatic rings. The van der Waals surface area contributed by atoms with Crippen LogP contribution in [0.15, 0.2) is 72.8 Å². The molecule has 0 fully saturated rings. The maximum Gasteiger partial charge on any atom is 0.249 e. The third-order valence-electron chi connectivity index (χ3n) is 5.90. The van der Waals surface area contributed by atoms with Crippen molar-refractivity contribution >= 4 is 38.5 Å². The Morgan fingerprint density at radius 3 is 2.52 bits per heavy atom. The number of primary amides is 1. The maximum absolute atomic E-state index is 12.1. The fraction of sp³-hybridized carbons (Fsp3) is 0.115. The van der Waals surface area contributed by atoms with E-state index in [2.05, 4.69) is 79.1 Å². The smallest absolute Gasteiger partial charge is 0.249 e. The van der Waals surface area contributed by atoms with Crippen LogP contribution < -0.4 is 5.73 Å². The third kappa shape index (κ3) is 2.70. The summed E-state index contributed by atoms with van der Waals surface area (Å²) in [6, 6.07) is 25.1. The van der Waals surface area contributed by atoms with E-state index in [1.807, 2.05) is 12.1 Å². The molecular weight excluding hydrogens is 356 g/mol. The first kappa shape index (κ1) is 17.5. The number of carbonyl (C=O) groups excluding carboxylic acids is 1. The molecule has 3 nitrogen and oxygen atoms in total. The van der Waals surface area contributed by atoms with E-state index in [4.69, 9.17) is 5.73 Å². The molecular formula is C26H22N2O. The van der Waals surface area contributed by atoms with E-state index in [0.717, 1.165) is 28.4 Å². The Labute approximate surface area is 169 Å². The molecule has 142 valence electrons. The van der Waals surface area contributed by atoms with Crippen LogP contribution in [0.2, 0.25) is 0 Å². The molecule has 0 bridgehead atoms. The third-order valence-corrected chi connectivity index (χ3v) is 5.90. The van der Waals surface area contributed by atoms with Gasteiger partial charge in [0.2, 0.25) is 5.91 Å². The monoisotopic (exact) mass is 378 g/mol. The molecule has 1 heterocycles. The first-order valence-corrected chi connectivity index (χ1v) is 9.83. The van der Waals surface area contributed by atoms with Crippen molar-refractivity contribution in [2.45, 2.75) is 20.4 Å². The zero-order valence-electron chi connectivity index (χ0n) is 16.6. The van der Waals surface area contributed by atoms with Gasteiger partial charge < -0.3 is 10.3 Å². The number of aromatic nitrogens is 1. The number of nitrogens with two attached hydrogens (primary N) is 1. The summed E-state index contributed by atoms with van der Waals surface area (Å²) in [6.07, 6.45) is 0. The molecule has 0 atom stereocenters. The van der Waals surface area contributed by atoms with Crippen LogP contribution in [0.25, 0.3) is 32.6 Å². The van der Waals surface area contributed by atoms with Crippen molar-refractivity contribution in [1.29, 1.82) is 0 Å². The van der Waals surface area contributed by atoms with Gasteiger partial charge in [-0.05, 0) is 59.5 Å². The van der Waals surface area contributed by atoms with Crippen molar-refractivity contribution in [3.05, 3.63) is 95.1 Å². The molecule has 0 saturated heterocycles. The van der Waals surface area contributed by atoms with E-state index in [1.165, 1.54) is 27.5 Å². The minimum Gasteiger partial charge on any atom is -0.366 e. The first-order chi connectivity index (χ1) is 14.0. The summed E-state index contributed by atoms with van der Waals surface area (Å²) >= 11 is 0. The second kappa shape index (κ2) is 6.49. The average Bonchev–Trinajstić information content (AvgIpc) is 3.03. The lowest BCUT2D eigenvalue weighted by Crippen LogP contribution is -2.11. The molecule has 1 aromatic heterocycles. The Bertz CT molecular complexity index is 1430. The van der Waals surface area contributed by atoms with Crippen LogP contribution in [0.4, 0.5) is 0 Å². The highest BCUT2D eigenvalue weighted by Gasteiger charge is 2.17. The molecule has 2 N–H and O–H groups in total. The predicted molar refractivity (Wildman–Crippen MR) is 120 cm³/mol. The molecule has 5 rings (SSSR count). The van der Waals surface area contributed by atoms with Gasteiger partial charge in [0, 0.05) is 28.4 Å². The Morgan fingerprint density at radius 1 is 0.862 bits per heavy atom. The lowest BCUT2D eigenvalue weighted by atomic mass is 9.99. The van der Waals surface area contributed by atoms with Gasteiger partial charge in [-0.15, -0.1) is 0 Å². The summed E-state index contributed by atoms with van der Waals surface area (Å²) < 4.78 is 2.32. The van der Waals surface area contributed by atoms with Gasteiger partial charge in [0.1, 0.15) is 0 Å². The minimum atomic E-state index is -0.392. The summed E-state index contributed by atoms with van der Waals surface area (Å²) in [5, 5.41) is 4.51. The lowest BCUT2D eigenvalue weighted by molar-refractivity contribution is 0.100. The number of rotatable bonds is 3. The van der Waals surface area contributed by atoms with Gasteiger partial charge in [-0.25, -0.2) is 0 Å². The fourth-order valence-electron chi connectivity index (χ4n) is 4.44. The van der Waals surface area contributed by atoms with Crippen LogP contribution in [0.1, 0.15) is 27.0 Å². The molecule has 1 amide bonds. The van der Waals surface area contributed by atoms with Crippen LogP contribution >= 0.6 is 0 Å². The zero-order chi connectivity index (χ0) is 20.1. The summed E-state index contributed by atoms with van der Waals surface area (Å²) in [6.45, 7) is 4.99. The number of aryl methyl sites for hydroxylation is 2. The van der Waals surface area contributed by atoms with Crippen molar-refractivity contribution < 1.29 is 4.79 Å². The lowest BCUT2D eigenvalue weighted by Gasteiger charge is -2.14. The number of hydrogen-bond acceptors (Lipinski definition) is 1. The van der Waals surface area contributed by atoms with Gasteiger partial charge in [-0.1, -0.05) is 54.6 Å². The predicted octanol–water partition coefficient (Wildman–Crippen LogP) is 5.71. The van der Waals surface area contributed by atoms with Gasteiger partial charge in [-0.3, -0.25) is 4.79 Å². The van der Waals surface area contributed by atoms with Crippen molar-refractivity contribution in [1.82, 2.24) is 4.57 Å². The second-order valence-corrected chi connectivity index (χ2v) is 7.75. The van der Waals surface area contributed by atoms with Crippen LogP contribution in [0.3, 0.4) is 0 Å². The number of fused-ring (bicyclic) bond motifs is 4. The molecule has 0 aliphatic heterocycles. The normalized spacial score (nSPS) is 11.5. The highest BCUT2D eigenvalue weighted by atomic mass is 16.1. The van der Waals surface area contributed by atoms with Crippen molar-refractivity contribution in [2.24, 2.45) is 5.73 Å². The van der Waals surface area contributed by atoms with Crippen molar-refractivity contribution in [2.75, 3.05) is 0 Å². The van der Waals surface area contributed by atoms with Crippen LogP contribution in [-0.2, 0) is 6.54 Å². The Hall–Kier alpha value is -3.59. The molecule has 3 heteroatoms. The standard InChI is InChI=1S/C26H22N2O/c1-16-10-13-20-24(14-16)28(23-9-5-8-21(25(20)23)26(27)29)15-22-17(2)11-12-18-6-3-4-7-19(18)22/h3-14H,15H2,1-2H3,(H2,27,29). The van der Waals surface area contributed by atoms with Crippen LogP contribution in [0.5, 0.6) is 0 Å². The summed E-state index contributed by atoms with van der Waals surface area (Å²) in [5.41, 5.74) is 12.2. The van der Waals surface area contributed by atoms with E-state index in [9.17, 15) is 4.79 Å². The van der Waals surface area contributed by atoms with E-state index < -0.39 is 5.91 Å². The van der Waals surface area contributed by atoms with Crippen LogP contribution in [0, 0.1) is 13.8 Å². The van der Waals surface area contributed by atoms with Gasteiger partial charge in [0.05, 0.1) is 5.52 Å². The molecule has 0 saturated carbocycles. The average molecular weight is 378 g/mol. The maximum atomic E-state index is 12.1. The van der Waals surface area contributed by atoms with Gasteiger partial charge >= 0.3 is 0 Å². The van der Waals surface area contributed by atoms with E-state index in [0.29, 0.717) is 5.56 Å². The summed E-state index contributed by atoms with van der Waals surface area (Å²) in [5.74, 6) is -0.392. The quantitative estimate of drug-likeness (QED) is 0.429. The number of benzene rings is 4. The van der Waals surface area contributed by atoms with E-state index >= 15 is 0 Å². The Balaban J connectivity index is 1.86. The highest BCUT2D eigenvalue weighted by molar-refractivity contribution is 6.18. The Kier molecular flexibility index (Phi) is 3.92. The number of hydrogen-bond donors (Lipinski definition) is 1. The molecule has 0 radical (unpaired) electrons. The second-order valence-electron chi connectivity index (χ2n) is 7.75. The SMILES string of the molecule is Cc1ccc2c3c(C(N)=O)cccc3n(Cc3c(C)ccc4ccccc34)c2c1. The van der Waals surface area contributed by atoms with E-state index in [1.54, 1.807) is 0 Å². The van der Waals surface area contributed by atoms with Crippen molar-refractivity contribution in [3.63, 3.8) is 0 Å². The summed E-state index contributed by atoms with van der Waals surface area (Å²) in [4.78, 5) is 12.1. The van der Waals surface area contributed by atoms with E-state index in [-0.39, 0.29) is 0 Å². The molecule has 29 heavy (non-hydrogen) atoms. The Morgan fingerprint density at radius 2 is 1.69 bits per heavy atom.